The standard InChI is InChI=1S/C15H18Cl2N2S/c1-10-2-4-15(5-3-10)9-20-14(19-15)18-13-7-11(16)6-12(17)8-13/h6-8,10H,2-5,9H2,1H3,(H,18,19). The van der Waals surface area contributed by atoms with Gasteiger partial charge in [0.2, 0.25) is 0 Å². The molecule has 1 aliphatic heterocycles. The van der Waals surface area contributed by atoms with Gasteiger partial charge in [-0.05, 0) is 49.8 Å². The van der Waals surface area contributed by atoms with Crippen LogP contribution >= 0.6 is 35.0 Å². The van der Waals surface area contributed by atoms with Gasteiger partial charge in [-0.15, -0.1) is 0 Å². The summed E-state index contributed by atoms with van der Waals surface area (Å²) >= 11 is 13.9. The Morgan fingerprint density at radius 1 is 1.20 bits per heavy atom. The van der Waals surface area contributed by atoms with Crippen LogP contribution < -0.4 is 5.32 Å². The van der Waals surface area contributed by atoms with Crippen molar-refractivity contribution in [1.82, 2.24) is 0 Å². The normalized spacial score (nSPS) is 29.6. The Kier molecular flexibility index (Phi) is 4.21. The third kappa shape index (κ3) is 3.26. The Bertz CT molecular complexity index is 516. The summed E-state index contributed by atoms with van der Waals surface area (Å²) in [6.07, 6.45) is 5.01. The Balaban J connectivity index is 1.72. The first-order chi connectivity index (χ1) is 9.55. The lowest BCUT2D eigenvalue weighted by molar-refractivity contribution is 0.273. The zero-order valence-corrected chi connectivity index (χ0v) is 13.8. The van der Waals surface area contributed by atoms with Gasteiger partial charge in [-0.25, -0.2) is 0 Å². The fourth-order valence-electron chi connectivity index (χ4n) is 2.85. The Labute approximate surface area is 134 Å². The van der Waals surface area contributed by atoms with E-state index < -0.39 is 0 Å². The van der Waals surface area contributed by atoms with Crippen LogP contribution in [-0.4, -0.2) is 16.5 Å². The molecule has 1 aromatic carbocycles. The highest BCUT2D eigenvalue weighted by Gasteiger charge is 2.38. The molecule has 20 heavy (non-hydrogen) atoms. The third-order valence-electron chi connectivity index (χ3n) is 4.14. The fraction of sp³-hybridized carbons (Fsp3) is 0.533. The molecule has 1 aromatic rings. The average molecular weight is 329 g/mol. The van der Waals surface area contributed by atoms with Crippen LogP contribution in [0.25, 0.3) is 0 Å². The lowest BCUT2D eigenvalue weighted by Gasteiger charge is -2.32. The van der Waals surface area contributed by atoms with Crippen molar-refractivity contribution < 1.29 is 0 Å². The average Bonchev–Trinajstić information content (AvgIpc) is 2.75. The number of rotatable bonds is 1. The largest absolute Gasteiger partial charge is 0.335 e. The zero-order chi connectivity index (χ0) is 14.2. The number of anilines is 1. The first-order valence-electron chi connectivity index (χ1n) is 7.00. The van der Waals surface area contributed by atoms with E-state index in [1.807, 2.05) is 23.9 Å². The van der Waals surface area contributed by atoms with Crippen molar-refractivity contribution in [3.05, 3.63) is 28.2 Å². The summed E-state index contributed by atoms with van der Waals surface area (Å²) in [4.78, 5) is 4.95. The van der Waals surface area contributed by atoms with E-state index in [4.69, 9.17) is 28.2 Å². The molecule has 1 heterocycles. The molecule has 0 atom stereocenters. The van der Waals surface area contributed by atoms with Gasteiger partial charge in [0.25, 0.3) is 0 Å². The van der Waals surface area contributed by atoms with Gasteiger partial charge in [0, 0.05) is 21.5 Å². The molecule has 1 aliphatic carbocycles. The Morgan fingerprint density at radius 3 is 2.50 bits per heavy atom. The molecular weight excluding hydrogens is 311 g/mol. The Morgan fingerprint density at radius 2 is 1.85 bits per heavy atom. The summed E-state index contributed by atoms with van der Waals surface area (Å²) in [5.41, 5.74) is 1.08. The second-order valence-corrected chi connectivity index (χ2v) is 7.73. The molecule has 0 amide bonds. The summed E-state index contributed by atoms with van der Waals surface area (Å²) in [5, 5.41) is 5.63. The molecule has 108 valence electrons. The minimum Gasteiger partial charge on any atom is -0.335 e. The number of hydrogen-bond donors (Lipinski definition) is 1. The molecule has 2 nitrogen and oxygen atoms in total. The molecule has 5 heteroatoms. The maximum absolute atomic E-state index is 6.02. The van der Waals surface area contributed by atoms with Crippen LogP contribution in [0.1, 0.15) is 32.6 Å². The molecule has 1 N–H and O–H groups in total. The number of nitrogens with one attached hydrogen (secondary N) is 1. The van der Waals surface area contributed by atoms with Gasteiger partial charge < -0.3 is 5.32 Å². The van der Waals surface area contributed by atoms with Crippen molar-refractivity contribution in [1.29, 1.82) is 0 Å². The molecule has 0 saturated heterocycles. The predicted octanol–water partition coefficient (Wildman–Crippen LogP) is 5.46. The van der Waals surface area contributed by atoms with E-state index in [1.54, 1.807) is 6.07 Å². The molecular formula is C15H18Cl2N2S. The van der Waals surface area contributed by atoms with Gasteiger partial charge in [-0.2, -0.15) is 0 Å². The summed E-state index contributed by atoms with van der Waals surface area (Å²) < 4.78 is 0. The van der Waals surface area contributed by atoms with Crippen molar-refractivity contribution in [2.45, 2.75) is 38.1 Å². The van der Waals surface area contributed by atoms with Crippen LogP contribution in [0.3, 0.4) is 0 Å². The van der Waals surface area contributed by atoms with Crippen LogP contribution in [0, 0.1) is 5.92 Å². The monoisotopic (exact) mass is 328 g/mol. The van der Waals surface area contributed by atoms with Crippen LogP contribution in [0.2, 0.25) is 10.0 Å². The third-order valence-corrected chi connectivity index (χ3v) is 5.72. The van der Waals surface area contributed by atoms with Crippen LogP contribution in [0.4, 0.5) is 5.69 Å². The molecule has 0 aromatic heterocycles. The van der Waals surface area contributed by atoms with E-state index in [1.165, 1.54) is 25.7 Å². The minimum absolute atomic E-state index is 0.169. The first-order valence-corrected chi connectivity index (χ1v) is 8.75. The van der Waals surface area contributed by atoms with Gasteiger partial charge in [0.05, 0.1) is 5.54 Å². The summed E-state index contributed by atoms with van der Waals surface area (Å²) in [7, 11) is 0. The minimum atomic E-state index is 0.169. The first kappa shape index (κ1) is 14.6. The second-order valence-electron chi connectivity index (χ2n) is 5.90. The van der Waals surface area contributed by atoms with E-state index in [2.05, 4.69) is 12.2 Å². The summed E-state index contributed by atoms with van der Waals surface area (Å²) in [5.74, 6) is 1.95. The lowest BCUT2D eigenvalue weighted by atomic mass is 9.79. The highest BCUT2D eigenvalue weighted by molar-refractivity contribution is 8.14. The Hall–Kier alpha value is -0.380. The number of halogens is 2. The van der Waals surface area contributed by atoms with Gasteiger partial charge in [-0.3, -0.25) is 4.99 Å². The smallest absolute Gasteiger partial charge is 0.161 e. The topological polar surface area (TPSA) is 24.4 Å². The summed E-state index contributed by atoms with van der Waals surface area (Å²) in [6.45, 7) is 2.34. The van der Waals surface area contributed by atoms with Crippen LogP contribution in [-0.2, 0) is 0 Å². The zero-order valence-electron chi connectivity index (χ0n) is 11.5. The maximum atomic E-state index is 6.02. The van der Waals surface area contributed by atoms with Gasteiger partial charge in [0.1, 0.15) is 0 Å². The number of benzene rings is 1. The highest BCUT2D eigenvalue weighted by Crippen LogP contribution is 2.41. The van der Waals surface area contributed by atoms with Gasteiger partial charge >= 0.3 is 0 Å². The van der Waals surface area contributed by atoms with Crippen LogP contribution in [0.15, 0.2) is 23.2 Å². The van der Waals surface area contributed by atoms with E-state index in [-0.39, 0.29) is 5.54 Å². The van der Waals surface area contributed by atoms with Gasteiger partial charge in [-0.1, -0.05) is 41.9 Å². The molecule has 0 radical (unpaired) electrons. The SMILES string of the molecule is CC1CCC2(CC1)CSC(Nc1cc(Cl)cc(Cl)c1)=N2. The predicted molar refractivity (Wildman–Crippen MR) is 90.3 cm³/mol. The molecule has 2 aliphatic rings. The molecule has 1 saturated carbocycles. The second kappa shape index (κ2) is 5.78. The highest BCUT2D eigenvalue weighted by atomic mass is 35.5. The van der Waals surface area contributed by atoms with Crippen LogP contribution in [0.5, 0.6) is 0 Å². The molecule has 1 spiro atoms. The molecule has 3 rings (SSSR count). The lowest BCUT2D eigenvalue weighted by Crippen LogP contribution is -2.32. The van der Waals surface area contributed by atoms with Crippen molar-refractivity contribution in [3.8, 4) is 0 Å². The van der Waals surface area contributed by atoms with E-state index >= 15 is 0 Å². The number of amidine groups is 1. The quantitative estimate of drug-likeness (QED) is 0.740. The molecule has 0 bridgehead atoms. The van der Waals surface area contributed by atoms with E-state index in [0.29, 0.717) is 10.0 Å². The number of thioether (sulfide) groups is 1. The van der Waals surface area contributed by atoms with Crippen molar-refractivity contribution >= 4 is 45.8 Å². The maximum Gasteiger partial charge on any atom is 0.161 e. The fourth-order valence-corrected chi connectivity index (χ4v) is 4.58. The molecule has 1 fully saturated rings. The number of nitrogens with zero attached hydrogens (tertiary/aromatic N) is 1. The number of hydrogen-bond acceptors (Lipinski definition) is 3. The summed E-state index contributed by atoms with van der Waals surface area (Å²) in [6, 6.07) is 5.50. The van der Waals surface area contributed by atoms with Gasteiger partial charge in [0.15, 0.2) is 5.17 Å². The van der Waals surface area contributed by atoms with E-state index in [0.717, 1.165) is 22.5 Å². The molecule has 0 unspecified atom stereocenters. The van der Waals surface area contributed by atoms with Crippen molar-refractivity contribution in [3.63, 3.8) is 0 Å². The number of aliphatic imine (C=N–C) groups is 1. The van der Waals surface area contributed by atoms with Crippen molar-refractivity contribution in [2.24, 2.45) is 10.9 Å². The van der Waals surface area contributed by atoms with E-state index in [9.17, 15) is 0 Å². The van der Waals surface area contributed by atoms with Crippen molar-refractivity contribution in [2.75, 3.05) is 11.1 Å².